The number of halogens is 1. The van der Waals surface area contributed by atoms with Gasteiger partial charge in [-0.15, -0.1) is 0 Å². The Bertz CT molecular complexity index is 903. The number of methoxy groups -OCH3 is 1. The summed E-state index contributed by atoms with van der Waals surface area (Å²) in [6.07, 6.45) is 5.85. The van der Waals surface area contributed by atoms with Crippen LogP contribution in [0.1, 0.15) is 18.9 Å². The average Bonchev–Trinajstić information content (AvgIpc) is 2.94. The van der Waals surface area contributed by atoms with Crippen molar-refractivity contribution in [2.45, 2.75) is 13.3 Å². The fraction of sp³-hybridized carbons (Fsp3) is 0.211. The predicted octanol–water partition coefficient (Wildman–Crippen LogP) is 4.94. The molecule has 0 aliphatic carbocycles. The maximum Gasteiger partial charge on any atom is 0.270 e. The summed E-state index contributed by atoms with van der Waals surface area (Å²) in [5.41, 5.74) is 1.37. The van der Waals surface area contributed by atoms with Gasteiger partial charge in [-0.2, -0.15) is 0 Å². The minimum Gasteiger partial charge on any atom is -0.493 e. The van der Waals surface area contributed by atoms with E-state index in [-0.39, 0.29) is 5.91 Å². The molecule has 5 nitrogen and oxygen atoms in total. The number of carbonyl (C=O) groups excluding carboxylic acids is 1. The molecule has 3 rings (SSSR count). The van der Waals surface area contributed by atoms with Gasteiger partial charge in [0.25, 0.3) is 5.91 Å². The molecule has 27 heavy (non-hydrogen) atoms. The number of carbonyl (C=O) groups is 1. The Hall–Kier alpha value is -2.09. The Morgan fingerprint density at radius 2 is 2.22 bits per heavy atom. The third-order valence-electron chi connectivity index (χ3n) is 3.70. The van der Waals surface area contributed by atoms with Crippen LogP contribution in [0.15, 0.2) is 41.6 Å². The highest BCUT2D eigenvalue weighted by Crippen LogP contribution is 2.39. The maximum absolute atomic E-state index is 12.8. The quantitative estimate of drug-likeness (QED) is 0.487. The van der Waals surface area contributed by atoms with Crippen molar-refractivity contribution in [3.63, 3.8) is 0 Å². The molecule has 1 aromatic carbocycles. The van der Waals surface area contributed by atoms with Gasteiger partial charge in [-0.1, -0.05) is 42.5 Å². The molecule has 1 fully saturated rings. The fourth-order valence-corrected chi connectivity index (χ4v) is 4.07. The lowest BCUT2D eigenvalue weighted by Crippen LogP contribution is -2.27. The highest BCUT2D eigenvalue weighted by molar-refractivity contribution is 8.27. The number of amides is 1. The number of hydrogen-bond acceptors (Lipinski definition) is 6. The van der Waals surface area contributed by atoms with Gasteiger partial charge in [0.05, 0.1) is 35.5 Å². The summed E-state index contributed by atoms with van der Waals surface area (Å²) in [4.78, 5) is 18.8. The largest absolute Gasteiger partial charge is 0.493 e. The first-order valence-electron chi connectivity index (χ1n) is 8.23. The Kier molecular flexibility index (Phi) is 6.36. The van der Waals surface area contributed by atoms with Crippen molar-refractivity contribution in [2.24, 2.45) is 0 Å². The van der Waals surface area contributed by atoms with Gasteiger partial charge in [0, 0.05) is 6.20 Å². The van der Waals surface area contributed by atoms with Gasteiger partial charge in [-0.05, 0) is 42.3 Å². The first-order valence-corrected chi connectivity index (χ1v) is 9.83. The maximum atomic E-state index is 12.8. The standard InChI is InChI=1S/C19H17ClN2O3S2/c1-3-7-25-17-14(20)8-12(9-15(17)24-2)10-16-18(23)22(19(26)27-16)13-5-4-6-21-11-13/h4-6,8-11H,3,7H2,1-2H3/b16-10-. The van der Waals surface area contributed by atoms with Crippen LogP contribution in [0.25, 0.3) is 6.08 Å². The van der Waals surface area contributed by atoms with E-state index >= 15 is 0 Å². The van der Waals surface area contributed by atoms with Crippen LogP contribution in [0.5, 0.6) is 11.5 Å². The van der Waals surface area contributed by atoms with Crippen LogP contribution in [0.2, 0.25) is 5.02 Å². The van der Waals surface area contributed by atoms with Gasteiger partial charge >= 0.3 is 0 Å². The second-order valence-corrected chi connectivity index (χ2v) is 7.69. The van der Waals surface area contributed by atoms with Crippen LogP contribution in [0.3, 0.4) is 0 Å². The minimum atomic E-state index is -0.195. The molecule has 0 unspecified atom stereocenters. The van der Waals surface area contributed by atoms with Crippen LogP contribution < -0.4 is 14.4 Å². The highest BCUT2D eigenvalue weighted by atomic mass is 35.5. The van der Waals surface area contributed by atoms with E-state index in [9.17, 15) is 4.79 Å². The number of thioether (sulfide) groups is 1. The summed E-state index contributed by atoms with van der Waals surface area (Å²) < 4.78 is 11.5. The van der Waals surface area contributed by atoms with Crippen molar-refractivity contribution >= 4 is 57.6 Å². The number of rotatable bonds is 6. The Labute approximate surface area is 172 Å². The molecule has 1 amide bonds. The summed E-state index contributed by atoms with van der Waals surface area (Å²) >= 11 is 13.0. The van der Waals surface area contributed by atoms with Crippen LogP contribution in [0, 0.1) is 0 Å². The van der Waals surface area contributed by atoms with E-state index < -0.39 is 0 Å². The van der Waals surface area contributed by atoms with E-state index in [4.69, 9.17) is 33.3 Å². The van der Waals surface area contributed by atoms with E-state index in [1.807, 2.05) is 6.92 Å². The monoisotopic (exact) mass is 420 g/mol. The molecule has 0 atom stereocenters. The third kappa shape index (κ3) is 4.26. The van der Waals surface area contributed by atoms with Crippen molar-refractivity contribution in [3.05, 3.63) is 52.2 Å². The van der Waals surface area contributed by atoms with Crippen molar-refractivity contribution < 1.29 is 14.3 Å². The number of anilines is 1. The number of nitrogens with zero attached hydrogens (tertiary/aromatic N) is 2. The molecule has 140 valence electrons. The average molecular weight is 421 g/mol. The molecular formula is C19H17ClN2O3S2. The minimum absolute atomic E-state index is 0.195. The van der Waals surface area contributed by atoms with E-state index in [0.717, 1.165) is 12.0 Å². The second kappa shape index (κ2) is 8.73. The number of aromatic nitrogens is 1. The summed E-state index contributed by atoms with van der Waals surface area (Å²) in [5.74, 6) is 0.824. The van der Waals surface area contributed by atoms with Gasteiger partial charge in [0.2, 0.25) is 0 Å². The first-order chi connectivity index (χ1) is 13.0. The zero-order chi connectivity index (χ0) is 19.4. The molecule has 1 saturated heterocycles. The lowest BCUT2D eigenvalue weighted by molar-refractivity contribution is -0.113. The fourth-order valence-electron chi connectivity index (χ4n) is 2.50. The number of pyridine rings is 1. The molecule has 2 aromatic rings. The van der Waals surface area contributed by atoms with Gasteiger partial charge in [-0.25, -0.2) is 0 Å². The molecule has 0 radical (unpaired) electrons. The van der Waals surface area contributed by atoms with E-state index in [1.165, 1.54) is 16.7 Å². The SMILES string of the molecule is CCCOc1c(Cl)cc(/C=C2\SC(=S)N(c3cccnc3)C2=O)cc1OC. The molecular weight excluding hydrogens is 404 g/mol. The normalized spacial score (nSPS) is 15.5. The van der Waals surface area contributed by atoms with E-state index in [1.54, 1.807) is 49.8 Å². The summed E-state index contributed by atoms with van der Waals surface area (Å²) in [7, 11) is 1.55. The molecule has 8 heteroatoms. The van der Waals surface area contributed by atoms with Gasteiger partial charge in [0.15, 0.2) is 15.8 Å². The Morgan fingerprint density at radius 3 is 2.89 bits per heavy atom. The lowest BCUT2D eigenvalue weighted by atomic mass is 10.1. The molecule has 0 saturated carbocycles. The number of hydrogen-bond donors (Lipinski definition) is 0. The zero-order valence-corrected chi connectivity index (χ0v) is 17.2. The second-order valence-electron chi connectivity index (χ2n) is 5.61. The first kappa shape index (κ1) is 19.7. The van der Waals surface area contributed by atoms with Gasteiger partial charge in [0.1, 0.15) is 0 Å². The van der Waals surface area contributed by atoms with Gasteiger partial charge < -0.3 is 9.47 Å². The van der Waals surface area contributed by atoms with Crippen molar-refractivity contribution in [3.8, 4) is 11.5 Å². The predicted molar refractivity (Wildman–Crippen MR) is 114 cm³/mol. The van der Waals surface area contributed by atoms with Crippen molar-refractivity contribution in [1.82, 2.24) is 4.98 Å². The molecule has 0 bridgehead atoms. The summed E-state index contributed by atoms with van der Waals surface area (Å²) in [6, 6.07) is 7.08. The van der Waals surface area contributed by atoms with Gasteiger partial charge in [-0.3, -0.25) is 14.7 Å². The smallest absolute Gasteiger partial charge is 0.270 e. The number of ether oxygens (including phenoxy) is 2. The number of benzene rings is 1. The van der Waals surface area contributed by atoms with Crippen molar-refractivity contribution in [2.75, 3.05) is 18.6 Å². The molecule has 0 spiro atoms. The van der Waals surface area contributed by atoms with Crippen LogP contribution in [-0.4, -0.2) is 28.9 Å². The van der Waals surface area contributed by atoms with E-state index in [2.05, 4.69) is 4.98 Å². The van der Waals surface area contributed by atoms with Crippen molar-refractivity contribution in [1.29, 1.82) is 0 Å². The lowest BCUT2D eigenvalue weighted by Gasteiger charge is -2.13. The Morgan fingerprint density at radius 1 is 1.41 bits per heavy atom. The van der Waals surface area contributed by atoms with Crippen LogP contribution in [-0.2, 0) is 4.79 Å². The molecule has 1 aliphatic rings. The molecule has 0 N–H and O–H groups in total. The summed E-state index contributed by atoms with van der Waals surface area (Å²) in [6.45, 7) is 2.55. The molecule has 1 aliphatic heterocycles. The molecule has 2 heterocycles. The van der Waals surface area contributed by atoms with E-state index in [0.29, 0.717) is 38.0 Å². The number of thiocarbonyl (C=S) groups is 1. The zero-order valence-electron chi connectivity index (χ0n) is 14.8. The molecule has 1 aromatic heterocycles. The highest BCUT2D eigenvalue weighted by Gasteiger charge is 2.33. The topological polar surface area (TPSA) is 51.7 Å². The third-order valence-corrected chi connectivity index (χ3v) is 5.28. The van der Waals surface area contributed by atoms with Crippen LogP contribution in [0.4, 0.5) is 5.69 Å². The Balaban J connectivity index is 1.92. The van der Waals surface area contributed by atoms with Crippen LogP contribution >= 0.6 is 35.6 Å². The summed E-state index contributed by atoms with van der Waals surface area (Å²) in [5, 5.41) is 0.428.